The Hall–Kier alpha value is -1.59. The molecule has 4 aliphatic rings. The van der Waals surface area contributed by atoms with Gasteiger partial charge in [-0.1, -0.05) is 19.1 Å². The third-order valence-electron chi connectivity index (χ3n) is 6.89. The third-order valence-corrected chi connectivity index (χ3v) is 6.89. The number of fused-ring (bicyclic) bond motifs is 4. The molecule has 5 nitrogen and oxygen atoms in total. The van der Waals surface area contributed by atoms with E-state index in [1.54, 1.807) is 0 Å². The first-order chi connectivity index (χ1) is 13.6. The molecule has 0 aliphatic carbocycles. The van der Waals surface area contributed by atoms with Gasteiger partial charge in [-0.05, 0) is 62.3 Å². The van der Waals surface area contributed by atoms with Gasteiger partial charge in [0.2, 0.25) is 0 Å². The van der Waals surface area contributed by atoms with Gasteiger partial charge in [0.25, 0.3) is 5.91 Å². The van der Waals surface area contributed by atoms with Crippen molar-refractivity contribution in [2.24, 2.45) is 11.8 Å². The fraction of sp³-hybridized carbons (Fsp3) is 0.696. The van der Waals surface area contributed by atoms with E-state index in [0.29, 0.717) is 6.04 Å². The van der Waals surface area contributed by atoms with Crippen LogP contribution in [0.1, 0.15) is 38.2 Å². The lowest BCUT2D eigenvalue weighted by molar-refractivity contribution is -0.134. The minimum atomic E-state index is 0.111. The second-order valence-electron chi connectivity index (χ2n) is 9.23. The minimum Gasteiger partial charge on any atom is -0.484 e. The molecule has 1 aromatic rings. The van der Waals surface area contributed by atoms with E-state index in [2.05, 4.69) is 35.9 Å². The zero-order chi connectivity index (χ0) is 19.5. The Kier molecular flexibility index (Phi) is 6.22. The van der Waals surface area contributed by atoms with Crippen LogP contribution in [0.25, 0.3) is 0 Å². The van der Waals surface area contributed by atoms with Gasteiger partial charge in [-0.2, -0.15) is 0 Å². The lowest BCUT2D eigenvalue weighted by Crippen LogP contribution is -2.40. The van der Waals surface area contributed by atoms with Crippen LogP contribution >= 0.6 is 0 Å². The molecule has 0 spiro atoms. The lowest BCUT2D eigenvalue weighted by atomic mass is 9.96. The number of carbonyl (C=O) groups is 1. The Morgan fingerprint density at radius 3 is 2.50 bits per heavy atom. The van der Waals surface area contributed by atoms with Gasteiger partial charge >= 0.3 is 0 Å². The summed E-state index contributed by atoms with van der Waals surface area (Å²) in [5.41, 5.74) is 1.33. The maximum Gasteiger partial charge on any atom is 0.260 e. The zero-order valence-corrected chi connectivity index (χ0v) is 17.5. The SMILES string of the molecule is CC1CCN(C(=O)COc2ccc(CN3C[C@@H]4CC[C@H](C3)N(C)C4)cc2)CC1. The van der Waals surface area contributed by atoms with E-state index in [0.717, 1.165) is 50.1 Å². The second-order valence-corrected chi connectivity index (χ2v) is 9.23. The molecule has 5 heteroatoms. The molecule has 154 valence electrons. The van der Waals surface area contributed by atoms with Crippen molar-refractivity contribution < 1.29 is 9.53 Å². The van der Waals surface area contributed by atoms with Gasteiger partial charge in [-0.25, -0.2) is 0 Å². The molecule has 0 aromatic heterocycles. The Morgan fingerprint density at radius 2 is 1.79 bits per heavy atom. The second kappa shape index (κ2) is 8.83. The number of ether oxygens (including phenoxy) is 1. The summed E-state index contributed by atoms with van der Waals surface area (Å²) < 4.78 is 5.76. The smallest absolute Gasteiger partial charge is 0.260 e. The molecule has 1 aromatic carbocycles. The highest BCUT2D eigenvalue weighted by Gasteiger charge is 2.32. The molecule has 5 rings (SSSR count). The Morgan fingerprint density at radius 1 is 1.04 bits per heavy atom. The summed E-state index contributed by atoms with van der Waals surface area (Å²) in [5, 5.41) is 0. The number of amides is 1. The summed E-state index contributed by atoms with van der Waals surface area (Å²) in [7, 11) is 2.28. The molecule has 4 fully saturated rings. The highest BCUT2D eigenvalue weighted by Crippen LogP contribution is 2.27. The van der Waals surface area contributed by atoms with Crippen molar-refractivity contribution in [3.05, 3.63) is 29.8 Å². The molecule has 0 unspecified atom stereocenters. The van der Waals surface area contributed by atoms with E-state index < -0.39 is 0 Å². The summed E-state index contributed by atoms with van der Waals surface area (Å²) in [4.78, 5) is 19.4. The molecular formula is C23H35N3O2. The lowest BCUT2D eigenvalue weighted by Gasteiger charge is -2.32. The fourth-order valence-corrected chi connectivity index (χ4v) is 4.99. The maximum absolute atomic E-state index is 12.3. The normalized spacial score (nSPS) is 27.0. The molecule has 2 bridgehead atoms. The fourth-order valence-electron chi connectivity index (χ4n) is 4.99. The Balaban J connectivity index is 1.25. The van der Waals surface area contributed by atoms with Gasteiger partial charge in [0.05, 0.1) is 0 Å². The minimum absolute atomic E-state index is 0.111. The summed E-state index contributed by atoms with van der Waals surface area (Å²) >= 11 is 0. The van der Waals surface area contributed by atoms with Crippen LogP contribution in [0.15, 0.2) is 24.3 Å². The maximum atomic E-state index is 12.3. The van der Waals surface area contributed by atoms with E-state index >= 15 is 0 Å². The number of benzene rings is 1. The van der Waals surface area contributed by atoms with Gasteiger partial charge in [0, 0.05) is 45.3 Å². The van der Waals surface area contributed by atoms with E-state index in [1.165, 1.54) is 38.0 Å². The first-order valence-corrected chi connectivity index (χ1v) is 11.0. The molecule has 0 N–H and O–H groups in total. The number of carbonyl (C=O) groups excluding carboxylic acids is 1. The topological polar surface area (TPSA) is 36.0 Å². The number of likely N-dealkylation sites (N-methyl/N-ethyl adjacent to an activating group) is 1. The number of likely N-dealkylation sites (tertiary alicyclic amines) is 1. The molecule has 2 atom stereocenters. The highest BCUT2D eigenvalue weighted by molar-refractivity contribution is 5.77. The van der Waals surface area contributed by atoms with Crippen LogP contribution in [-0.4, -0.2) is 73.0 Å². The predicted octanol–water partition coefficient (Wildman–Crippen LogP) is 2.85. The molecule has 0 saturated carbocycles. The highest BCUT2D eigenvalue weighted by atomic mass is 16.5. The molecule has 4 aliphatic heterocycles. The average molecular weight is 386 g/mol. The molecule has 4 saturated heterocycles. The summed E-state index contributed by atoms with van der Waals surface area (Å²) in [6.07, 6.45) is 4.93. The number of piperidine rings is 2. The predicted molar refractivity (Wildman–Crippen MR) is 111 cm³/mol. The summed E-state index contributed by atoms with van der Waals surface area (Å²) in [6, 6.07) is 9.04. The van der Waals surface area contributed by atoms with Gasteiger partial charge in [0.1, 0.15) is 5.75 Å². The van der Waals surface area contributed by atoms with E-state index in [9.17, 15) is 4.79 Å². The third kappa shape index (κ3) is 4.87. The summed E-state index contributed by atoms with van der Waals surface area (Å²) in [5.74, 6) is 2.45. The first-order valence-electron chi connectivity index (χ1n) is 11.0. The van der Waals surface area contributed by atoms with Crippen LogP contribution in [0.5, 0.6) is 5.75 Å². The van der Waals surface area contributed by atoms with E-state index in [4.69, 9.17) is 4.74 Å². The molecule has 1 amide bonds. The van der Waals surface area contributed by atoms with Crippen LogP contribution in [0, 0.1) is 11.8 Å². The van der Waals surface area contributed by atoms with Crippen molar-refractivity contribution in [1.29, 1.82) is 0 Å². The van der Waals surface area contributed by atoms with Gasteiger partial charge in [-0.15, -0.1) is 0 Å². The van der Waals surface area contributed by atoms with Crippen molar-refractivity contribution in [1.82, 2.24) is 14.7 Å². The van der Waals surface area contributed by atoms with Crippen LogP contribution < -0.4 is 4.74 Å². The average Bonchev–Trinajstić information content (AvgIpc) is 2.98. The Bertz CT molecular complexity index is 654. The summed E-state index contributed by atoms with van der Waals surface area (Å²) in [6.45, 7) is 8.79. The van der Waals surface area contributed by atoms with Gasteiger partial charge in [-0.3, -0.25) is 9.69 Å². The van der Waals surface area contributed by atoms with Crippen molar-refractivity contribution in [2.75, 3.05) is 46.4 Å². The Labute approximate surface area is 169 Å². The number of hydrogen-bond acceptors (Lipinski definition) is 4. The monoisotopic (exact) mass is 385 g/mol. The van der Waals surface area contributed by atoms with Gasteiger partial charge < -0.3 is 14.5 Å². The van der Waals surface area contributed by atoms with Crippen LogP contribution in [-0.2, 0) is 11.3 Å². The molecule has 0 radical (unpaired) electrons. The standard InChI is InChI=1S/C23H35N3O2/c1-18-9-11-26(12-10-18)23(27)17-28-22-7-4-19(5-8-22)14-25-15-20-3-6-21(16-25)24(2)13-20/h4-5,7-8,18,20-21H,3,6,9-17H2,1-2H3/t20-,21-/m1/s1. The van der Waals surface area contributed by atoms with Crippen molar-refractivity contribution in [2.45, 2.75) is 45.2 Å². The van der Waals surface area contributed by atoms with Crippen LogP contribution in [0.4, 0.5) is 0 Å². The quantitative estimate of drug-likeness (QED) is 0.781. The molecule has 4 heterocycles. The number of hydrogen-bond donors (Lipinski definition) is 0. The number of rotatable bonds is 5. The zero-order valence-electron chi connectivity index (χ0n) is 17.5. The molecule has 28 heavy (non-hydrogen) atoms. The van der Waals surface area contributed by atoms with Crippen LogP contribution in [0.3, 0.4) is 0 Å². The van der Waals surface area contributed by atoms with Crippen molar-refractivity contribution in [3.63, 3.8) is 0 Å². The van der Waals surface area contributed by atoms with Crippen LogP contribution in [0.2, 0.25) is 0 Å². The van der Waals surface area contributed by atoms with Crippen molar-refractivity contribution >= 4 is 5.91 Å². The van der Waals surface area contributed by atoms with E-state index in [-0.39, 0.29) is 12.5 Å². The molecular weight excluding hydrogens is 350 g/mol. The van der Waals surface area contributed by atoms with Gasteiger partial charge in [0.15, 0.2) is 6.61 Å². The van der Waals surface area contributed by atoms with Crippen molar-refractivity contribution in [3.8, 4) is 5.75 Å². The number of nitrogens with zero attached hydrogens (tertiary/aromatic N) is 3. The van der Waals surface area contributed by atoms with E-state index in [1.807, 2.05) is 17.0 Å². The first kappa shape index (κ1) is 19.7. The largest absolute Gasteiger partial charge is 0.484 e.